The van der Waals surface area contributed by atoms with Crippen LogP contribution in [0.2, 0.25) is 0 Å². The fraction of sp³-hybridized carbons (Fsp3) is 0.385. The summed E-state index contributed by atoms with van der Waals surface area (Å²) in [6.07, 6.45) is 0.872. The number of benzene rings is 1. The SMILES string of the molecule is CC(C)(C)Cc1cc(C#N)cc(C#N)c1. The summed E-state index contributed by atoms with van der Waals surface area (Å²) in [4.78, 5) is 0. The lowest BCUT2D eigenvalue weighted by atomic mass is 9.87. The highest BCUT2D eigenvalue weighted by molar-refractivity contribution is 5.42. The van der Waals surface area contributed by atoms with E-state index in [-0.39, 0.29) is 5.41 Å². The molecule has 2 heteroatoms. The standard InChI is InChI=1S/C13H14N2/c1-13(2,3)7-10-4-11(8-14)6-12(5-10)9-15/h4-6H,7H2,1-3H3. The highest BCUT2D eigenvalue weighted by Gasteiger charge is 2.12. The van der Waals surface area contributed by atoms with Crippen LogP contribution in [0.5, 0.6) is 0 Å². The Morgan fingerprint density at radius 2 is 1.47 bits per heavy atom. The second-order valence-electron chi connectivity index (χ2n) is 4.88. The molecule has 0 saturated carbocycles. The van der Waals surface area contributed by atoms with Crippen molar-refractivity contribution in [3.05, 3.63) is 34.9 Å². The van der Waals surface area contributed by atoms with Crippen LogP contribution in [0.25, 0.3) is 0 Å². The number of rotatable bonds is 1. The summed E-state index contributed by atoms with van der Waals surface area (Å²) in [7, 11) is 0. The summed E-state index contributed by atoms with van der Waals surface area (Å²) in [6.45, 7) is 6.41. The smallest absolute Gasteiger partial charge is 0.0992 e. The van der Waals surface area contributed by atoms with Crippen LogP contribution in [0, 0.1) is 28.1 Å². The molecule has 0 atom stereocenters. The van der Waals surface area contributed by atoms with E-state index in [0.717, 1.165) is 12.0 Å². The van der Waals surface area contributed by atoms with Crippen molar-refractivity contribution >= 4 is 0 Å². The van der Waals surface area contributed by atoms with E-state index in [9.17, 15) is 0 Å². The van der Waals surface area contributed by atoms with E-state index in [0.29, 0.717) is 11.1 Å². The monoisotopic (exact) mass is 198 g/mol. The van der Waals surface area contributed by atoms with E-state index in [1.54, 1.807) is 6.07 Å². The zero-order valence-corrected chi connectivity index (χ0v) is 9.33. The highest BCUT2D eigenvalue weighted by atomic mass is 14.3. The summed E-state index contributed by atoms with van der Waals surface area (Å²) in [5, 5.41) is 17.6. The average Bonchev–Trinajstić information content (AvgIpc) is 2.14. The molecule has 1 rings (SSSR count). The second-order valence-corrected chi connectivity index (χ2v) is 4.88. The lowest BCUT2D eigenvalue weighted by Gasteiger charge is -2.18. The van der Waals surface area contributed by atoms with Gasteiger partial charge in [0, 0.05) is 0 Å². The third-order valence-electron chi connectivity index (χ3n) is 1.99. The van der Waals surface area contributed by atoms with Gasteiger partial charge in [0.25, 0.3) is 0 Å². The molecule has 0 fully saturated rings. The number of hydrogen-bond donors (Lipinski definition) is 0. The minimum Gasteiger partial charge on any atom is -0.192 e. The van der Waals surface area contributed by atoms with Crippen LogP contribution in [0.4, 0.5) is 0 Å². The number of hydrogen-bond acceptors (Lipinski definition) is 2. The summed E-state index contributed by atoms with van der Waals surface area (Å²) in [5.74, 6) is 0. The first-order valence-corrected chi connectivity index (χ1v) is 4.89. The molecule has 0 N–H and O–H groups in total. The zero-order valence-electron chi connectivity index (χ0n) is 9.33. The van der Waals surface area contributed by atoms with Crippen LogP contribution in [0.15, 0.2) is 18.2 Å². The Kier molecular flexibility index (Phi) is 3.12. The fourth-order valence-electron chi connectivity index (χ4n) is 1.54. The van der Waals surface area contributed by atoms with Gasteiger partial charge < -0.3 is 0 Å². The molecule has 0 spiro atoms. The Bertz CT molecular complexity index is 407. The highest BCUT2D eigenvalue weighted by Crippen LogP contribution is 2.22. The van der Waals surface area contributed by atoms with Gasteiger partial charge in [0.15, 0.2) is 0 Å². The van der Waals surface area contributed by atoms with E-state index in [1.165, 1.54) is 0 Å². The van der Waals surface area contributed by atoms with Crippen LogP contribution in [-0.4, -0.2) is 0 Å². The molecule has 0 amide bonds. The van der Waals surface area contributed by atoms with Crippen molar-refractivity contribution in [2.24, 2.45) is 5.41 Å². The summed E-state index contributed by atoms with van der Waals surface area (Å²) < 4.78 is 0. The van der Waals surface area contributed by atoms with Gasteiger partial charge >= 0.3 is 0 Å². The first kappa shape index (κ1) is 11.3. The molecule has 0 aromatic heterocycles. The van der Waals surface area contributed by atoms with Gasteiger partial charge in [0.05, 0.1) is 23.3 Å². The molecular formula is C13H14N2. The van der Waals surface area contributed by atoms with Crippen molar-refractivity contribution in [3.63, 3.8) is 0 Å². The molecule has 0 radical (unpaired) electrons. The normalized spacial score (nSPS) is 10.5. The van der Waals surface area contributed by atoms with Gasteiger partial charge in [0.2, 0.25) is 0 Å². The van der Waals surface area contributed by atoms with Crippen LogP contribution in [-0.2, 0) is 6.42 Å². The van der Waals surface area contributed by atoms with E-state index >= 15 is 0 Å². The number of nitrogens with zero attached hydrogens (tertiary/aromatic N) is 2. The Labute approximate surface area is 90.8 Å². The van der Waals surface area contributed by atoms with Crippen LogP contribution in [0.1, 0.15) is 37.5 Å². The minimum absolute atomic E-state index is 0.167. The first-order chi connectivity index (χ1) is 6.94. The summed E-state index contributed by atoms with van der Waals surface area (Å²) in [6, 6.07) is 9.48. The molecule has 0 aliphatic heterocycles. The number of nitriles is 2. The van der Waals surface area contributed by atoms with Crippen molar-refractivity contribution in [1.82, 2.24) is 0 Å². The van der Waals surface area contributed by atoms with Crippen LogP contribution >= 0.6 is 0 Å². The maximum atomic E-state index is 8.82. The lowest BCUT2D eigenvalue weighted by molar-refractivity contribution is 0.411. The molecule has 1 aromatic rings. The van der Waals surface area contributed by atoms with Crippen molar-refractivity contribution in [2.75, 3.05) is 0 Å². The third kappa shape index (κ3) is 3.44. The fourth-order valence-corrected chi connectivity index (χ4v) is 1.54. The predicted molar refractivity (Wildman–Crippen MR) is 59.0 cm³/mol. The Hall–Kier alpha value is -1.80. The second kappa shape index (κ2) is 4.15. The van der Waals surface area contributed by atoms with Crippen LogP contribution < -0.4 is 0 Å². The summed E-state index contributed by atoms with van der Waals surface area (Å²) >= 11 is 0. The lowest BCUT2D eigenvalue weighted by Crippen LogP contribution is -2.09. The molecule has 2 nitrogen and oxygen atoms in total. The van der Waals surface area contributed by atoms with Crippen molar-refractivity contribution < 1.29 is 0 Å². The molecule has 0 bridgehead atoms. The third-order valence-corrected chi connectivity index (χ3v) is 1.99. The largest absolute Gasteiger partial charge is 0.192 e. The van der Waals surface area contributed by atoms with Crippen molar-refractivity contribution in [1.29, 1.82) is 10.5 Å². The zero-order chi connectivity index (χ0) is 11.5. The molecular weight excluding hydrogens is 184 g/mol. The van der Waals surface area contributed by atoms with Gasteiger partial charge in [0.1, 0.15) is 0 Å². The quantitative estimate of drug-likeness (QED) is 0.696. The van der Waals surface area contributed by atoms with E-state index in [4.69, 9.17) is 10.5 Å². The maximum absolute atomic E-state index is 8.82. The van der Waals surface area contributed by atoms with Gasteiger partial charge in [-0.3, -0.25) is 0 Å². The molecule has 15 heavy (non-hydrogen) atoms. The van der Waals surface area contributed by atoms with Gasteiger partial charge in [-0.05, 0) is 35.6 Å². The van der Waals surface area contributed by atoms with E-state index in [1.807, 2.05) is 12.1 Å². The Morgan fingerprint density at radius 3 is 1.80 bits per heavy atom. The average molecular weight is 198 g/mol. The van der Waals surface area contributed by atoms with Gasteiger partial charge in [-0.1, -0.05) is 20.8 Å². The molecule has 0 saturated heterocycles. The van der Waals surface area contributed by atoms with Gasteiger partial charge in [-0.15, -0.1) is 0 Å². The molecule has 1 aromatic carbocycles. The van der Waals surface area contributed by atoms with Crippen molar-refractivity contribution in [3.8, 4) is 12.1 Å². The summed E-state index contributed by atoms with van der Waals surface area (Å²) in [5.41, 5.74) is 2.35. The van der Waals surface area contributed by atoms with Gasteiger partial charge in [-0.2, -0.15) is 10.5 Å². The van der Waals surface area contributed by atoms with Crippen molar-refractivity contribution in [2.45, 2.75) is 27.2 Å². The van der Waals surface area contributed by atoms with Gasteiger partial charge in [-0.25, -0.2) is 0 Å². The molecule has 0 heterocycles. The Morgan fingerprint density at radius 1 is 1.00 bits per heavy atom. The maximum Gasteiger partial charge on any atom is 0.0992 e. The Balaban J connectivity index is 3.10. The predicted octanol–water partition coefficient (Wildman–Crippen LogP) is 3.02. The molecule has 0 unspecified atom stereocenters. The minimum atomic E-state index is 0.167. The molecule has 76 valence electrons. The van der Waals surface area contributed by atoms with E-state index < -0.39 is 0 Å². The molecule has 0 aliphatic carbocycles. The first-order valence-electron chi connectivity index (χ1n) is 4.89. The van der Waals surface area contributed by atoms with E-state index in [2.05, 4.69) is 32.9 Å². The van der Waals surface area contributed by atoms with Crippen LogP contribution in [0.3, 0.4) is 0 Å². The molecule has 0 aliphatic rings. The topological polar surface area (TPSA) is 47.6 Å².